The van der Waals surface area contributed by atoms with Gasteiger partial charge in [-0.1, -0.05) is 19.1 Å². The molecule has 0 aromatic heterocycles. The first-order valence-corrected chi connectivity index (χ1v) is 5.87. The minimum Gasteiger partial charge on any atom is -0.497 e. The van der Waals surface area contributed by atoms with Gasteiger partial charge in [-0.15, -0.1) is 0 Å². The van der Waals surface area contributed by atoms with Gasteiger partial charge in [0.05, 0.1) is 13.2 Å². The monoisotopic (exact) mass is 259 g/mol. The highest BCUT2D eigenvalue weighted by molar-refractivity contribution is 5.29. The first kappa shape index (κ1) is 14.9. The molecule has 2 atom stereocenters. The second-order valence-electron chi connectivity index (χ2n) is 3.99. The summed E-state index contributed by atoms with van der Waals surface area (Å²) in [5, 5.41) is 0. The number of methoxy groups -OCH3 is 1. The minimum absolute atomic E-state index is 0.308. The molecule has 0 aliphatic rings. The van der Waals surface area contributed by atoms with Crippen LogP contribution in [0.25, 0.3) is 0 Å². The fraction of sp³-hybridized carbons (Fsp3) is 0.538. The van der Waals surface area contributed by atoms with E-state index in [1.807, 2.05) is 6.92 Å². The van der Waals surface area contributed by atoms with Crippen molar-refractivity contribution in [2.24, 2.45) is 5.73 Å². The van der Waals surface area contributed by atoms with Crippen molar-refractivity contribution in [3.05, 3.63) is 29.8 Å². The lowest BCUT2D eigenvalue weighted by Crippen LogP contribution is -2.30. The van der Waals surface area contributed by atoms with Crippen molar-refractivity contribution >= 4 is 0 Å². The summed E-state index contributed by atoms with van der Waals surface area (Å²) in [4.78, 5) is 0. The van der Waals surface area contributed by atoms with Gasteiger partial charge in [0, 0.05) is 6.04 Å². The van der Waals surface area contributed by atoms with Crippen molar-refractivity contribution in [3.8, 4) is 5.75 Å². The largest absolute Gasteiger partial charge is 0.497 e. The molecule has 1 aromatic carbocycles. The van der Waals surface area contributed by atoms with Crippen LogP contribution < -0.4 is 10.5 Å². The van der Waals surface area contributed by atoms with Crippen molar-refractivity contribution in [1.82, 2.24) is 0 Å². The van der Waals surface area contributed by atoms with E-state index < -0.39 is 19.1 Å². The maximum absolute atomic E-state index is 12.2. The average Bonchev–Trinajstić information content (AvgIpc) is 2.39. The lowest BCUT2D eigenvalue weighted by Gasteiger charge is -2.23. The molecule has 102 valence electrons. The average molecular weight is 259 g/mol. The smallest absolute Gasteiger partial charge is 0.261 e. The topological polar surface area (TPSA) is 44.5 Å². The molecule has 0 aliphatic heterocycles. The summed E-state index contributed by atoms with van der Waals surface area (Å²) >= 11 is 0. The minimum atomic E-state index is -2.49. The van der Waals surface area contributed by atoms with E-state index in [9.17, 15) is 8.78 Å². The molecule has 1 rings (SSSR count). The molecule has 0 spiro atoms. The van der Waals surface area contributed by atoms with Crippen LogP contribution in [0.4, 0.5) is 8.78 Å². The summed E-state index contributed by atoms with van der Waals surface area (Å²) in [5.74, 6) is 0.705. The summed E-state index contributed by atoms with van der Waals surface area (Å²) in [7, 11) is 1.57. The number of alkyl halides is 2. The second kappa shape index (κ2) is 7.28. The van der Waals surface area contributed by atoms with Gasteiger partial charge >= 0.3 is 0 Å². The van der Waals surface area contributed by atoms with E-state index in [0.717, 1.165) is 5.56 Å². The van der Waals surface area contributed by atoms with Gasteiger partial charge in [-0.05, 0) is 24.1 Å². The van der Waals surface area contributed by atoms with Gasteiger partial charge in [-0.3, -0.25) is 0 Å². The van der Waals surface area contributed by atoms with Gasteiger partial charge in [-0.25, -0.2) is 8.78 Å². The number of benzene rings is 1. The predicted octanol–water partition coefficient (Wildman–Crippen LogP) is 2.76. The number of nitrogens with two attached hydrogens (primary N) is 1. The van der Waals surface area contributed by atoms with Crippen LogP contribution >= 0.6 is 0 Å². The zero-order valence-electron chi connectivity index (χ0n) is 10.6. The summed E-state index contributed by atoms with van der Waals surface area (Å²) in [6.07, 6.45) is -2.36. The van der Waals surface area contributed by atoms with E-state index in [0.29, 0.717) is 12.2 Å². The normalized spacial score (nSPS) is 14.6. The summed E-state index contributed by atoms with van der Waals surface area (Å²) in [6, 6.07) is 6.78. The first-order chi connectivity index (χ1) is 8.58. The molecule has 0 saturated carbocycles. The molecular weight excluding hydrogens is 240 g/mol. The third-order valence-corrected chi connectivity index (χ3v) is 2.71. The van der Waals surface area contributed by atoms with Gasteiger partial charge in [0.25, 0.3) is 6.43 Å². The molecule has 0 bridgehead atoms. The van der Waals surface area contributed by atoms with Crippen LogP contribution in [-0.2, 0) is 4.74 Å². The fourth-order valence-corrected chi connectivity index (χ4v) is 1.65. The molecule has 1 aromatic rings. The molecule has 2 N–H and O–H groups in total. The standard InChI is InChI=1S/C13H19F2NO2/c1-3-11(16)13(18-8-12(14)15)9-4-6-10(17-2)7-5-9/h4-7,11-13H,3,8,16H2,1-2H3. The highest BCUT2D eigenvalue weighted by Crippen LogP contribution is 2.24. The Morgan fingerprint density at radius 2 is 1.83 bits per heavy atom. The van der Waals surface area contributed by atoms with Gasteiger partial charge in [0.1, 0.15) is 12.4 Å². The number of ether oxygens (including phenoxy) is 2. The third-order valence-electron chi connectivity index (χ3n) is 2.71. The van der Waals surface area contributed by atoms with Crippen LogP contribution in [-0.4, -0.2) is 26.2 Å². The highest BCUT2D eigenvalue weighted by atomic mass is 19.3. The lowest BCUT2D eigenvalue weighted by molar-refractivity contribution is -0.0351. The SMILES string of the molecule is CCC(N)C(OCC(F)F)c1ccc(OC)cc1. The maximum atomic E-state index is 12.2. The Morgan fingerprint density at radius 1 is 1.22 bits per heavy atom. The Kier molecular flexibility index (Phi) is 6.01. The molecule has 5 heteroatoms. The molecule has 0 radical (unpaired) electrons. The van der Waals surface area contributed by atoms with Gasteiger partial charge in [0.15, 0.2) is 0 Å². The van der Waals surface area contributed by atoms with E-state index in [1.54, 1.807) is 31.4 Å². The van der Waals surface area contributed by atoms with E-state index in [-0.39, 0.29) is 6.04 Å². The van der Waals surface area contributed by atoms with Crippen molar-refractivity contribution in [3.63, 3.8) is 0 Å². The Bertz CT molecular complexity index is 343. The lowest BCUT2D eigenvalue weighted by atomic mass is 10.0. The van der Waals surface area contributed by atoms with Crippen LogP contribution in [0.2, 0.25) is 0 Å². The Morgan fingerprint density at radius 3 is 2.28 bits per heavy atom. The summed E-state index contributed by atoms with van der Waals surface area (Å²) in [6.45, 7) is 1.29. The van der Waals surface area contributed by atoms with E-state index in [1.165, 1.54) is 0 Å². The molecule has 3 nitrogen and oxygen atoms in total. The van der Waals surface area contributed by atoms with Gasteiger partial charge in [0.2, 0.25) is 0 Å². The van der Waals surface area contributed by atoms with E-state index >= 15 is 0 Å². The number of rotatable bonds is 7. The maximum Gasteiger partial charge on any atom is 0.261 e. The van der Waals surface area contributed by atoms with Gasteiger partial charge < -0.3 is 15.2 Å². The van der Waals surface area contributed by atoms with Gasteiger partial charge in [-0.2, -0.15) is 0 Å². The highest BCUT2D eigenvalue weighted by Gasteiger charge is 2.20. The Hall–Kier alpha value is -1.20. The van der Waals surface area contributed by atoms with E-state index in [2.05, 4.69) is 0 Å². The molecule has 0 heterocycles. The number of hydrogen-bond donors (Lipinski definition) is 1. The van der Waals surface area contributed by atoms with E-state index in [4.69, 9.17) is 15.2 Å². The van der Waals surface area contributed by atoms with Crippen LogP contribution in [0.3, 0.4) is 0 Å². The first-order valence-electron chi connectivity index (χ1n) is 5.87. The molecule has 0 fully saturated rings. The van der Waals surface area contributed by atoms with Crippen molar-refractivity contribution in [2.45, 2.75) is 31.9 Å². The molecule has 0 aliphatic carbocycles. The van der Waals surface area contributed by atoms with Crippen LogP contribution in [0, 0.1) is 0 Å². The van der Waals surface area contributed by atoms with Crippen LogP contribution in [0.1, 0.15) is 25.0 Å². The van der Waals surface area contributed by atoms with Crippen molar-refractivity contribution in [1.29, 1.82) is 0 Å². The fourth-order valence-electron chi connectivity index (χ4n) is 1.65. The Labute approximate surface area is 106 Å². The van der Waals surface area contributed by atoms with Crippen molar-refractivity contribution < 1.29 is 18.3 Å². The molecule has 18 heavy (non-hydrogen) atoms. The zero-order valence-corrected chi connectivity index (χ0v) is 10.6. The molecule has 0 amide bonds. The van der Waals surface area contributed by atoms with Crippen LogP contribution in [0.15, 0.2) is 24.3 Å². The molecule has 0 saturated heterocycles. The predicted molar refractivity (Wildman–Crippen MR) is 66.0 cm³/mol. The summed E-state index contributed by atoms with van der Waals surface area (Å²) in [5.41, 5.74) is 6.69. The third kappa shape index (κ3) is 4.23. The number of halogens is 2. The quantitative estimate of drug-likeness (QED) is 0.819. The molecule has 2 unspecified atom stereocenters. The Balaban J connectivity index is 2.79. The van der Waals surface area contributed by atoms with Crippen molar-refractivity contribution in [2.75, 3.05) is 13.7 Å². The molecular formula is C13H19F2NO2. The zero-order chi connectivity index (χ0) is 13.5. The number of hydrogen-bond acceptors (Lipinski definition) is 3. The van der Waals surface area contributed by atoms with Crippen LogP contribution in [0.5, 0.6) is 5.75 Å². The summed E-state index contributed by atoms with van der Waals surface area (Å²) < 4.78 is 34.7. The second-order valence-corrected chi connectivity index (χ2v) is 3.99.